The predicted molar refractivity (Wildman–Crippen MR) is 71.0 cm³/mol. The van der Waals surface area contributed by atoms with Gasteiger partial charge in [0.05, 0.1) is 0 Å². The van der Waals surface area contributed by atoms with Gasteiger partial charge < -0.3 is 10.6 Å². The van der Waals surface area contributed by atoms with Gasteiger partial charge in [-0.3, -0.25) is 4.79 Å². The van der Waals surface area contributed by atoms with Crippen LogP contribution in [0.25, 0.3) is 0 Å². The van der Waals surface area contributed by atoms with E-state index >= 15 is 0 Å². The van der Waals surface area contributed by atoms with Crippen molar-refractivity contribution in [1.82, 2.24) is 4.90 Å². The predicted octanol–water partition coefficient (Wildman–Crippen LogP) is 2.02. The highest BCUT2D eigenvalue weighted by Crippen LogP contribution is 2.49. The van der Waals surface area contributed by atoms with Crippen molar-refractivity contribution in [1.29, 1.82) is 0 Å². The van der Waals surface area contributed by atoms with Gasteiger partial charge in [-0.05, 0) is 36.8 Å². The zero-order valence-corrected chi connectivity index (χ0v) is 11.2. The van der Waals surface area contributed by atoms with Crippen LogP contribution in [0.2, 0.25) is 0 Å². The lowest BCUT2D eigenvalue weighted by atomic mass is 10.1. The van der Waals surface area contributed by atoms with Gasteiger partial charge in [-0.15, -0.1) is 0 Å². The third kappa shape index (κ3) is 2.30. The maximum absolute atomic E-state index is 13.7. The average molecular weight is 280 g/mol. The molecule has 1 amide bonds. The number of benzene rings is 1. The summed E-state index contributed by atoms with van der Waals surface area (Å²) < 4.78 is 26.6. The van der Waals surface area contributed by atoms with Crippen LogP contribution in [-0.2, 0) is 4.79 Å². The molecule has 3 rings (SSSR count). The zero-order valence-electron chi connectivity index (χ0n) is 11.2. The zero-order chi connectivity index (χ0) is 14.3. The van der Waals surface area contributed by atoms with Crippen molar-refractivity contribution >= 4 is 5.91 Å². The van der Waals surface area contributed by atoms with Gasteiger partial charge in [0.2, 0.25) is 5.91 Å². The highest BCUT2D eigenvalue weighted by Gasteiger charge is 2.48. The number of nitrogens with zero attached hydrogens (tertiary/aromatic N) is 1. The molecule has 2 aliphatic rings. The summed E-state index contributed by atoms with van der Waals surface area (Å²) in [7, 11) is 0. The number of hydrogen-bond acceptors (Lipinski definition) is 2. The van der Waals surface area contributed by atoms with Crippen LogP contribution in [0.4, 0.5) is 8.78 Å². The Bertz CT molecular complexity index is 535. The Morgan fingerprint density at radius 3 is 2.90 bits per heavy atom. The lowest BCUT2D eigenvalue weighted by Crippen LogP contribution is -2.40. The maximum Gasteiger partial charge on any atom is 0.226 e. The molecule has 2 N–H and O–H groups in total. The number of amides is 1. The molecule has 1 heterocycles. The number of hydrogen-bond donors (Lipinski definition) is 1. The van der Waals surface area contributed by atoms with E-state index in [1.165, 1.54) is 12.1 Å². The molecule has 1 aromatic carbocycles. The van der Waals surface area contributed by atoms with Gasteiger partial charge in [-0.2, -0.15) is 0 Å². The van der Waals surface area contributed by atoms with Crippen LogP contribution in [0.3, 0.4) is 0 Å². The first kappa shape index (κ1) is 13.5. The standard InChI is InChI=1S/C15H18F2N2O/c16-9-3-4-11(14(17)6-9)12-7-13(12)15(20)19-5-1-2-10(19)8-18/h3-4,6,10,12-13H,1-2,5,7-8,18H2. The lowest BCUT2D eigenvalue weighted by Gasteiger charge is -2.23. The normalized spacial score (nSPS) is 28.8. The van der Waals surface area contributed by atoms with Gasteiger partial charge in [0.15, 0.2) is 0 Å². The molecule has 0 bridgehead atoms. The summed E-state index contributed by atoms with van der Waals surface area (Å²) >= 11 is 0. The molecule has 0 spiro atoms. The molecule has 20 heavy (non-hydrogen) atoms. The molecule has 0 radical (unpaired) electrons. The molecule has 3 nitrogen and oxygen atoms in total. The molecule has 1 aliphatic carbocycles. The fourth-order valence-corrected chi connectivity index (χ4v) is 3.20. The summed E-state index contributed by atoms with van der Waals surface area (Å²) in [6.45, 7) is 1.23. The first-order chi connectivity index (χ1) is 9.61. The highest BCUT2D eigenvalue weighted by atomic mass is 19.1. The fourth-order valence-electron chi connectivity index (χ4n) is 3.20. The summed E-state index contributed by atoms with van der Waals surface area (Å²) in [4.78, 5) is 14.3. The van der Waals surface area contributed by atoms with Gasteiger partial charge in [0.25, 0.3) is 0 Å². The number of halogens is 2. The second kappa shape index (κ2) is 5.13. The van der Waals surface area contributed by atoms with Gasteiger partial charge >= 0.3 is 0 Å². The molecular weight excluding hydrogens is 262 g/mol. The number of nitrogens with two attached hydrogens (primary N) is 1. The molecule has 1 aliphatic heterocycles. The van der Waals surface area contributed by atoms with Crippen molar-refractivity contribution < 1.29 is 13.6 Å². The second-order valence-electron chi connectivity index (χ2n) is 5.68. The van der Waals surface area contributed by atoms with Crippen molar-refractivity contribution in [2.45, 2.75) is 31.2 Å². The first-order valence-corrected chi connectivity index (χ1v) is 7.07. The summed E-state index contributed by atoms with van der Waals surface area (Å²) in [6.07, 6.45) is 2.58. The maximum atomic E-state index is 13.7. The van der Waals surface area contributed by atoms with Crippen LogP contribution in [-0.4, -0.2) is 29.9 Å². The quantitative estimate of drug-likeness (QED) is 0.920. The lowest BCUT2D eigenvalue weighted by molar-refractivity contribution is -0.133. The van der Waals surface area contributed by atoms with Gasteiger partial charge in [-0.1, -0.05) is 6.07 Å². The van der Waals surface area contributed by atoms with E-state index in [1.54, 1.807) is 0 Å². The first-order valence-electron chi connectivity index (χ1n) is 7.07. The molecule has 0 aromatic heterocycles. The third-order valence-electron chi connectivity index (χ3n) is 4.40. The molecule has 1 aromatic rings. The summed E-state index contributed by atoms with van der Waals surface area (Å²) in [5.41, 5.74) is 6.13. The minimum absolute atomic E-state index is 0.0756. The molecule has 3 atom stereocenters. The van der Waals surface area contributed by atoms with Gasteiger partial charge in [-0.25, -0.2) is 8.78 Å². The largest absolute Gasteiger partial charge is 0.338 e. The van der Waals surface area contributed by atoms with E-state index in [1.807, 2.05) is 4.90 Å². The summed E-state index contributed by atoms with van der Waals surface area (Å²) in [5.74, 6) is -1.34. The SMILES string of the molecule is NCC1CCCN1C(=O)C1CC1c1ccc(F)cc1F. The smallest absolute Gasteiger partial charge is 0.226 e. The Morgan fingerprint density at radius 2 is 2.20 bits per heavy atom. The molecule has 5 heteroatoms. The summed E-state index contributed by atoms with van der Waals surface area (Å²) in [5, 5.41) is 0. The van der Waals surface area contributed by atoms with E-state index in [4.69, 9.17) is 5.73 Å². The van der Waals surface area contributed by atoms with E-state index in [2.05, 4.69) is 0 Å². The Morgan fingerprint density at radius 1 is 1.40 bits per heavy atom. The number of carbonyl (C=O) groups excluding carboxylic acids is 1. The van der Waals surface area contributed by atoms with Crippen LogP contribution >= 0.6 is 0 Å². The van der Waals surface area contributed by atoms with Crippen LogP contribution in [0.5, 0.6) is 0 Å². The Labute approximate surface area is 116 Å². The van der Waals surface area contributed by atoms with Crippen LogP contribution in [0, 0.1) is 17.6 Å². The van der Waals surface area contributed by atoms with E-state index < -0.39 is 11.6 Å². The molecule has 108 valence electrons. The van der Waals surface area contributed by atoms with E-state index in [-0.39, 0.29) is 23.8 Å². The second-order valence-corrected chi connectivity index (χ2v) is 5.68. The van der Waals surface area contributed by atoms with Crippen LogP contribution in [0.15, 0.2) is 18.2 Å². The van der Waals surface area contributed by atoms with Crippen molar-refractivity contribution in [3.63, 3.8) is 0 Å². The van der Waals surface area contributed by atoms with Crippen LogP contribution < -0.4 is 5.73 Å². The number of likely N-dealkylation sites (tertiary alicyclic amines) is 1. The molecule has 2 fully saturated rings. The minimum atomic E-state index is -0.586. The van der Waals surface area contributed by atoms with Crippen molar-refractivity contribution in [3.05, 3.63) is 35.4 Å². The molecule has 3 unspecified atom stereocenters. The summed E-state index contributed by atoms with van der Waals surface area (Å²) in [6, 6.07) is 3.71. The highest BCUT2D eigenvalue weighted by molar-refractivity contribution is 5.83. The monoisotopic (exact) mass is 280 g/mol. The Hall–Kier alpha value is -1.49. The van der Waals surface area contributed by atoms with Gasteiger partial charge in [0, 0.05) is 31.1 Å². The third-order valence-corrected chi connectivity index (χ3v) is 4.40. The molecule has 1 saturated heterocycles. The number of rotatable bonds is 3. The van der Waals surface area contributed by atoms with Crippen molar-refractivity contribution in [2.75, 3.05) is 13.1 Å². The van der Waals surface area contributed by atoms with Crippen LogP contribution in [0.1, 0.15) is 30.7 Å². The van der Waals surface area contributed by atoms with E-state index in [0.717, 1.165) is 25.5 Å². The average Bonchev–Trinajstić information content (AvgIpc) is 3.06. The fraction of sp³-hybridized carbons (Fsp3) is 0.533. The van der Waals surface area contributed by atoms with Crippen molar-refractivity contribution in [3.8, 4) is 0 Å². The Kier molecular flexibility index (Phi) is 3.46. The van der Waals surface area contributed by atoms with E-state index in [9.17, 15) is 13.6 Å². The van der Waals surface area contributed by atoms with E-state index in [0.29, 0.717) is 18.5 Å². The molecule has 1 saturated carbocycles. The van der Waals surface area contributed by atoms with Gasteiger partial charge in [0.1, 0.15) is 11.6 Å². The molecular formula is C15H18F2N2O. The topological polar surface area (TPSA) is 46.3 Å². The Balaban J connectivity index is 1.71. The van der Waals surface area contributed by atoms with Crippen molar-refractivity contribution in [2.24, 2.45) is 11.7 Å². The minimum Gasteiger partial charge on any atom is -0.338 e. The number of carbonyl (C=O) groups is 1.